The number of carbonyl (C=O) groups is 1. The number of hydrogen-bond acceptors (Lipinski definition) is 3. The second kappa shape index (κ2) is 5.46. The van der Waals surface area contributed by atoms with Gasteiger partial charge in [0.1, 0.15) is 12.4 Å². The van der Waals surface area contributed by atoms with Crippen LogP contribution < -0.4 is 4.74 Å². The fraction of sp³-hybridized carbons (Fsp3) is 0.214. The normalized spacial score (nSPS) is 10.4. The van der Waals surface area contributed by atoms with Crippen LogP contribution in [0.2, 0.25) is 0 Å². The molecule has 3 heteroatoms. The molecule has 88 valence electrons. The van der Waals surface area contributed by atoms with Crippen LogP contribution in [0.4, 0.5) is 0 Å². The van der Waals surface area contributed by atoms with E-state index in [1.54, 1.807) is 7.11 Å². The third kappa shape index (κ3) is 2.45. The van der Waals surface area contributed by atoms with Gasteiger partial charge in [-0.25, -0.2) is 0 Å². The van der Waals surface area contributed by atoms with Crippen molar-refractivity contribution in [1.29, 1.82) is 0 Å². The van der Waals surface area contributed by atoms with Crippen molar-refractivity contribution in [2.45, 2.75) is 0 Å². The lowest BCUT2D eigenvalue weighted by atomic mass is 10.0. The number of carbonyl (C=O) groups excluding carboxylic acids is 1. The summed E-state index contributed by atoms with van der Waals surface area (Å²) in [6.07, 6.45) is 0.838. The molecule has 0 unspecified atom stereocenters. The highest BCUT2D eigenvalue weighted by Gasteiger charge is 2.07. The van der Waals surface area contributed by atoms with Crippen LogP contribution in [0.3, 0.4) is 0 Å². The average molecular weight is 230 g/mol. The number of rotatable bonds is 5. The van der Waals surface area contributed by atoms with Crippen LogP contribution in [0.5, 0.6) is 5.75 Å². The summed E-state index contributed by atoms with van der Waals surface area (Å²) in [5.74, 6) is 0.607. The van der Waals surface area contributed by atoms with Gasteiger partial charge in [-0.1, -0.05) is 30.3 Å². The summed E-state index contributed by atoms with van der Waals surface area (Å²) in [6, 6.07) is 11.5. The van der Waals surface area contributed by atoms with Crippen molar-refractivity contribution in [3.8, 4) is 5.75 Å². The van der Waals surface area contributed by atoms with Crippen LogP contribution in [0.1, 0.15) is 10.4 Å². The van der Waals surface area contributed by atoms with Gasteiger partial charge in [-0.15, -0.1) is 0 Å². The van der Waals surface area contributed by atoms with Crippen molar-refractivity contribution >= 4 is 17.1 Å². The predicted molar refractivity (Wildman–Crippen MR) is 66.7 cm³/mol. The molecular weight excluding hydrogens is 216 g/mol. The van der Waals surface area contributed by atoms with Crippen LogP contribution >= 0.6 is 0 Å². The molecule has 3 nitrogen and oxygen atoms in total. The number of hydrogen-bond donors (Lipinski definition) is 0. The fourth-order valence-corrected chi connectivity index (χ4v) is 1.76. The van der Waals surface area contributed by atoms with E-state index >= 15 is 0 Å². The second-order valence-corrected chi connectivity index (χ2v) is 3.66. The Morgan fingerprint density at radius 3 is 2.71 bits per heavy atom. The van der Waals surface area contributed by atoms with E-state index in [1.165, 1.54) is 0 Å². The average Bonchev–Trinajstić information content (AvgIpc) is 2.38. The Balaban J connectivity index is 2.39. The van der Waals surface area contributed by atoms with Gasteiger partial charge in [0.15, 0.2) is 6.29 Å². The second-order valence-electron chi connectivity index (χ2n) is 3.66. The molecule has 0 aliphatic heterocycles. The molecule has 0 saturated heterocycles. The monoisotopic (exact) mass is 230 g/mol. The molecular formula is C14H14O3. The van der Waals surface area contributed by atoms with Crippen LogP contribution in [0, 0.1) is 0 Å². The first-order valence-corrected chi connectivity index (χ1v) is 5.45. The van der Waals surface area contributed by atoms with Crippen molar-refractivity contribution < 1.29 is 14.3 Å². The van der Waals surface area contributed by atoms with E-state index in [0.717, 1.165) is 17.1 Å². The highest BCUT2D eigenvalue weighted by Crippen LogP contribution is 2.26. The van der Waals surface area contributed by atoms with E-state index in [4.69, 9.17) is 9.47 Å². The SMILES string of the molecule is COCCOc1ccc2ccccc2c1C=O. The number of methoxy groups -OCH3 is 1. The Morgan fingerprint density at radius 2 is 1.94 bits per heavy atom. The predicted octanol–water partition coefficient (Wildman–Crippen LogP) is 2.68. The van der Waals surface area contributed by atoms with Crippen molar-refractivity contribution in [3.63, 3.8) is 0 Å². The van der Waals surface area contributed by atoms with E-state index in [1.807, 2.05) is 36.4 Å². The summed E-state index contributed by atoms with van der Waals surface area (Å²) in [5, 5.41) is 1.95. The maximum Gasteiger partial charge on any atom is 0.154 e. The fourth-order valence-electron chi connectivity index (χ4n) is 1.76. The summed E-state index contributed by atoms with van der Waals surface area (Å²) in [4.78, 5) is 11.2. The number of aldehydes is 1. The minimum absolute atomic E-state index is 0.440. The molecule has 0 aromatic heterocycles. The summed E-state index contributed by atoms with van der Waals surface area (Å²) in [6.45, 7) is 0.945. The Hall–Kier alpha value is -1.87. The van der Waals surface area contributed by atoms with Crippen molar-refractivity contribution in [3.05, 3.63) is 42.0 Å². The van der Waals surface area contributed by atoms with E-state index in [-0.39, 0.29) is 0 Å². The minimum atomic E-state index is 0.440. The zero-order chi connectivity index (χ0) is 12.1. The molecule has 0 atom stereocenters. The van der Waals surface area contributed by atoms with Gasteiger partial charge >= 0.3 is 0 Å². The Morgan fingerprint density at radius 1 is 1.12 bits per heavy atom. The molecule has 0 radical (unpaired) electrons. The van der Waals surface area contributed by atoms with Gasteiger partial charge in [0.05, 0.1) is 12.2 Å². The van der Waals surface area contributed by atoms with E-state index in [9.17, 15) is 4.79 Å². The lowest BCUT2D eigenvalue weighted by molar-refractivity contribution is 0.111. The number of benzene rings is 2. The largest absolute Gasteiger partial charge is 0.490 e. The van der Waals surface area contributed by atoms with Gasteiger partial charge in [0.2, 0.25) is 0 Å². The Kier molecular flexibility index (Phi) is 3.73. The van der Waals surface area contributed by atoms with Crippen LogP contribution in [-0.4, -0.2) is 26.6 Å². The summed E-state index contributed by atoms with van der Waals surface area (Å²) in [5.41, 5.74) is 0.596. The number of fused-ring (bicyclic) bond motifs is 1. The Bertz CT molecular complexity index is 520. The maximum atomic E-state index is 11.2. The van der Waals surface area contributed by atoms with Crippen LogP contribution in [0.25, 0.3) is 10.8 Å². The van der Waals surface area contributed by atoms with E-state index in [0.29, 0.717) is 24.5 Å². The standard InChI is InChI=1S/C14H14O3/c1-16-8-9-17-14-7-6-11-4-2-3-5-12(11)13(14)10-15/h2-7,10H,8-9H2,1H3. The molecule has 0 heterocycles. The van der Waals surface area contributed by atoms with Gasteiger partial charge in [0, 0.05) is 7.11 Å². The summed E-state index contributed by atoms with van der Waals surface area (Å²) < 4.78 is 10.4. The zero-order valence-electron chi connectivity index (χ0n) is 9.68. The molecule has 0 bridgehead atoms. The molecule has 17 heavy (non-hydrogen) atoms. The molecule has 2 rings (SSSR count). The van der Waals surface area contributed by atoms with Crippen molar-refractivity contribution in [2.24, 2.45) is 0 Å². The third-order valence-corrected chi connectivity index (χ3v) is 2.59. The lowest BCUT2D eigenvalue weighted by Crippen LogP contribution is -2.06. The molecule has 0 fully saturated rings. The van der Waals surface area contributed by atoms with E-state index in [2.05, 4.69) is 0 Å². The lowest BCUT2D eigenvalue weighted by Gasteiger charge is -2.10. The maximum absolute atomic E-state index is 11.2. The van der Waals surface area contributed by atoms with Gasteiger partial charge in [-0.3, -0.25) is 4.79 Å². The molecule has 0 aliphatic carbocycles. The van der Waals surface area contributed by atoms with Gasteiger partial charge in [-0.2, -0.15) is 0 Å². The highest BCUT2D eigenvalue weighted by molar-refractivity contribution is 6.00. The van der Waals surface area contributed by atoms with Crippen LogP contribution in [-0.2, 0) is 4.74 Å². The molecule has 0 amide bonds. The zero-order valence-corrected chi connectivity index (χ0v) is 9.68. The van der Waals surface area contributed by atoms with E-state index < -0.39 is 0 Å². The topological polar surface area (TPSA) is 35.5 Å². The minimum Gasteiger partial charge on any atom is -0.490 e. The first-order valence-electron chi connectivity index (χ1n) is 5.45. The smallest absolute Gasteiger partial charge is 0.154 e. The third-order valence-electron chi connectivity index (χ3n) is 2.59. The molecule has 2 aromatic rings. The van der Waals surface area contributed by atoms with Gasteiger partial charge < -0.3 is 9.47 Å². The first-order chi connectivity index (χ1) is 8.36. The Labute approximate surface area is 100.0 Å². The highest BCUT2D eigenvalue weighted by atomic mass is 16.5. The molecule has 0 aliphatic rings. The molecule has 0 N–H and O–H groups in total. The summed E-state index contributed by atoms with van der Waals surface area (Å²) >= 11 is 0. The van der Waals surface area contributed by atoms with Crippen LogP contribution in [0.15, 0.2) is 36.4 Å². The molecule has 0 spiro atoms. The quantitative estimate of drug-likeness (QED) is 0.585. The van der Waals surface area contributed by atoms with Crippen molar-refractivity contribution in [1.82, 2.24) is 0 Å². The summed E-state index contributed by atoms with van der Waals surface area (Å²) in [7, 11) is 1.62. The van der Waals surface area contributed by atoms with Gasteiger partial charge in [0.25, 0.3) is 0 Å². The molecule has 2 aromatic carbocycles. The van der Waals surface area contributed by atoms with Crippen molar-refractivity contribution in [2.75, 3.05) is 20.3 Å². The molecule has 0 saturated carbocycles. The first kappa shape index (κ1) is 11.6. The number of ether oxygens (including phenoxy) is 2. The van der Waals surface area contributed by atoms with Gasteiger partial charge in [-0.05, 0) is 16.8 Å².